The molecule has 1 spiro atoms. The fraction of sp³-hybridized carbons (Fsp3) is 0.462. The number of nitrogens with zero attached hydrogens (tertiary/aromatic N) is 2. The van der Waals surface area contributed by atoms with Crippen molar-refractivity contribution in [2.75, 3.05) is 11.4 Å². The van der Waals surface area contributed by atoms with Crippen molar-refractivity contribution in [2.24, 2.45) is 0 Å². The van der Waals surface area contributed by atoms with E-state index < -0.39 is 5.72 Å². The molecular formula is C26H32N2O3. The number of unbranched alkanes of at least 4 members (excludes halogenated alkanes) is 5. The van der Waals surface area contributed by atoms with E-state index in [9.17, 15) is 10.1 Å². The van der Waals surface area contributed by atoms with Crippen LogP contribution in [0.15, 0.2) is 48.5 Å². The number of rotatable bonds is 8. The standard InChI is InChI=1S/C26H32N2O3/c1-4-5-6-7-8-11-18-27-23-13-10-9-12-22(23)25(2,3)26(27)17-16-20-19-21(28(29)30)14-15-24(20)31-26/h9-10,12-17,19H,4-8,11,18H2,1-3H3. The van der Waals surface area contributed by atoms with Crippen LogP contribution in [0.2, 0.25) is 0 Å². The molecule has 2 aromatic rings. The number of hydrogen-bond donors (Lipinski definition) is 0. The maximum Gasteiger partial charge on any atom is 0.270 e. The summed E-state index contributed by atoms with van der Waals surface area (Å²) in [6.45, 7) is 7.62. The van der Waals surface area contributed by atoms with Crippen molar-refractivity contribution in [1.29, 1.82) is 0 Å². The van der Waals surface area contributed by atoms with Crippen LogP contribution in [0.3, 0.4) is 0 Å². The van der Waals surface area contributed by atoms with Crippen LogP contribution in [0.5, 0.6) is 5.75 Å². The molecule has 2 aliphatic heterocycles. The molecule has 4 rings (SSSR count). The summed E-state index contributed by atoms with van der Waals surface area (Å²) in [5.41, 5.74) is 2.41. The van der Waals surface area contributed by atoms with E-state index in [2.05, 4.69) is 56.0 Å². The first-order valence-electron chi connectivity index (χ1n) is 11.4. The lowest BCUT2D eigenvalue weighted by atomic mass is 9.76. The summed E-state index contributed by atoms with van der Waals surface area (Å²) in [6, 6.07) is 13.4. The maximum absolute atomic E-state index is 11.2. The first kappa shape index (κ1) is 21.4. The van der Waals surface area contributed by atoms with Crippen molar-refractivity contribution in [3.8, 4) is 5.75 Å². The van der Waals surface area contributed by atoms with Crippen LogP contribution >= 0.6 is 0 Å². The number of nitro groups is 1. The lowest BCUT2D eigenvalue weighted by molar-refractivity contribution is -0.384. The summed E-state index contributed by atoms with van der Waals surface area (Å²) in [5, 5.41) is 11.2. The Balaban J connectivity index is 1.66. The lowest BCUT2D eigenvalue weighted by Gasteiger charge is -2.47. The third-order valence-electron chi connectivity index (χ3n) is 6.86. The molecule has 1 unspecified atom stereocenters. The minimum absolute atomic E-state index is 0.0841. The predicted octanol–water partition coefficient (Wildman–Crippen LogP) is 6.86. The van der Waals surface area contributed by atoms with Crippen LogP contribution in [0.1, 0.15) is 70.4 Å². The van der Waals surface area contributed by atoms with E-state index in [1.165, 1.54) is 49.4 Å². The Kier molecular flexibility index (Phi) is 5.78. The van der Waals surface area contributed by atoms with Crippen molar-refractivity contribution in [3.05, 3.63) is 69.8 Å². The monoisotopic (exact) mass is 420 g/mol. The number of benzene rings is 2. The second-order valence-electron chi connectivity index (χ2n) is 9.17. The topological polar surface area (TPSA) is 55.6 Å². The van der Waals surface area contributed by atoms with Crippen LogP contribution in [0.4, 0.5) is 11.4 Å². The van der Waals surface area contributed by atoms with Crippen LogP contribution in [0, 0.1) is 10.1 Å². The van der Waals surface area contributed by atoms with Gasteiger partial charge in [0.2, 0.25) is 5.72 Å². The smallest absolute Gasteiger partial charge is 0.270 e. The predicted molar refractivity (Wildman–Crippen MR) is 126 cm³/mol. The number of non-ortho nitro benzene ring substituents is 1. The van der Waals surface area contributed by atoms with E-state index >= 15 is 0 Å². The zero-order valence-electron chi connectivity index (χ0n) is 18.8. The van der Waals surface area contributed by atoms with Crippen molar-refractivity contribution < 1.29 is 9.66 Å². The highest BCUT2D eigenvalue weighted by molar-refractivity contribution is 5.73. The van der Waals surface area contributed by atoms with E-state index in [4.69, 9.17) is 4.74 Å². The third-order valence-corrected chi connectivity index (χ3v) is 6.86. The molecule has 2 aliphatic rings. The third kappa shape index (κ3) is 3.60. The normalized spacial score (nSPS) is 20.4. The van der Waals surface area contributed by atoms with Gasteiger partial charge in [-0.2, -0.15) is 0 Å². The van der Waals surface area contributed by atoms with Gasteiger partial charge < -0.3 is 9.64 Å². The number of hydrogen-bond acceptors (Lipinski definition) is 4. The molecule has 0 bridgehead atoms. The number of anilines is 1. The lowest BCUT2D eigenvalue weighted by Crippen LogP contribution is -2.59. The van der Waals surface area contributed by atoms with E-state index in [0.29, 0.717) is 5.75 Å². The van der Waals surface area contributed by atoms with Crippen molar-refractivity contribution in [1.82, 2.24) is 0 Å². The summed E-state index contributed by atoms with van der Waals surface area (Å²) in [5.74, 6) is 0.696. The molecule has 0 saturated carbocycles. The van der Waals surface area contributed by atoms with Crippen molar-refractivity contribution >= 4 is 17.5 Å². The van der Waals surface area contributed by atoms with E-state index in [1.807, 2.05) is 6.08 Å². The van der Waals surface area contributed by atoms with Gasteiger partial charge in [-0.25, -0.2) is 0 Å². The second-order valence-corrected chi connectivity index (χ2v) is 9.17. The molecule has 31 heavy (non-hydrogen) atoms. The number of ether oxygens (including phenoxy) is 1. The fourth-order valence-electron chi connectivity index (χ4n) is 5.04. The number of fused-ring (bicyclic) bond motifs is 2. The molecule has 2 aromatic carbocycles. The highest BCUT2D eigenvalue weighted by Gasteiger charge is 2.58. The highest BCUT2D eigenvalue weighted by atomic mass is 16.6. The Morgan fingerprint density at radius 1 is 1.03 bits per heavy atom. The molecule has 164 valence electrons. The molecule has 0 saturated heterocycles. The summed E-state index contributed by atoms with van der Waals surface area (Å²) in [4.78, 5) is 13.2. The Morgan fingerprint density at radius 2 is 1.77 bits per heavy atom. The van der Waals surface area contributed by atoms with E-state index in [1.54, 1.807) is 12.1 Å². The van der Waals surface area contributed by atoms with Crippen LogP contribution < -0.4 is 9.64 Å². The molecular weight excluding hydrogens is 388 g/mol. The number of para-hydroxylation sites is 1. The van der Waals surface area contributed by atoms with Gasteiger partial charge in [-0.15, -0.1) is 0 Å². The zero-order chi connectivity index (χ0) is 22.1. The molecule has 0 amide bonds. The van der Waals surface area contributed by atoms with Gasteiger partial charge in [0.25, 0.3) is 5.69 Å². The fourth-order valence-corrected chi connectivity index (χ4v) is 5.04. The summed E-state index contributed by atoms with van der Waals surface area (Å²) in [7, 11) is 0. The largest absolute Gasteiger partial charge is 0.463 e. The Morgan fingerprint density at radius 3 is 2.55 bits per heavy atom. The van der Waals surface area contributed by atoms with Gasteiger partial charge in [0, 0.05) is 29.9 Å². The summed E-state index contributed by atoms with van der Waals surface area (Å²) >= 11 is 0. The molecule has 0 aliphatic carbocycles. The quantitative estimate of drug-likeness (QED) is 0.266. The van der Waals surface area contributed by atoms with Gasteiger partial charge in [-0.3, -0.25) is 10.1 Å². The van der Waals surface area contributed by atoms with Gasteiger partial charge in [0.15, 0.2) is 0 Å². The molecule has 0 radical (unpaired) electrons. The summed E-state index contributed by atoms with van der Waals surface area (Å²) < 4.78 is 6.74. The van der Waals surface area contributed by atoms with Gasteiger partial charge in [0.1, 0.15) is 5.75 Å². The molecule has 0 fully saturated rings. The SMILES string of the molecule is CCCCCCCCN1c2ccccc2C(C)(C)C12C=Cc1cc([N+](=O)[O-])ccc1O2. The Bertz CT molecular complexity index is 998. The van der Waals surface area contributed by atoms with Crippen LogP contribution in [-0.2, 0) is 5.41 Å². The van der Waals surface area contributed by atoms with Gasteiger partial charge in [0.05, 0.1) is 10.3 Å². The van der Waals surface area contributed by atoms with Crippen LogP contribution in [0.25, 0.3) is 6.08 Å². The molecule has 0 N–H and O–H groups in total. The molecule has 1 atom stereocenters. The first-order valence-corrected chi connectivity index (χ1v) is 11.4. The average Bonchev–Trinajstić information content (AvgIpc) is 2.94. The average molecular weight is 421 g/mol. The Labute approximate surface area is 184 Å². The van der Waals surface area contributed by atoms with E-state index in [0.717, 1.165) is 18.5 Å². The number of nitro benzene ring substituents is 1. The molecule has 2 heterocycles. The Hall–Kier alpha value is -2.82. The van der Waals surface area contributed by atoms with Gasteiger partial charge in [-0.05, 0) is 50.1 Å². The second kappa shape index (κ2) is 8.37. The summed E-state index contributed by atoms with van der Waals surface area (Å²) in [6.07, 6.45) is 11.5. The molecule has 0 aromatic heterocycles. The molecule has 5 nitrogen and oxygen atoms in total. The highest BCUT2D eigenvalue weighted by Crippen LogP contribution is 2.55. The zero-order valence-corrected chi connectivity index (χ0v) is 18.8. The van der Waals surface area contributed by atoms with Crippen LogP contribution in [-0.4, -0.2) is 17.2 Å². The first-order chi connectivity index (χ1) is 14.9. The minimum Gasteiger partial charge on any atom is -0.463 e. The van der Waals surface area contributed by atoms with Crippen molar-refractivity contribution in [3.63, 3.8) is 0 Å². The maximum atomic E-state index is 11.2. The van der Waals surface area contributed by atoms with E-state index in [-0.39, 0.29) is 16.0 Å². The van der Waals surface area contributed by atoms with Gasteiger partial charge >= 0.3 is 0 Å². The van der Waals surface area contributed by atoms with Gasteiger partial charge in [-0.1, -0.05) is 57.2 Å². The minimum atomic E-state index is -0.650. The molecule has 5 heteroatoms. The van der Waals surface area contributed by atoms with Crippen molar-refractivity contribution in [2.45, 2.75) is 70.4 Å².